The fourth-order valence-corrected chi connectivity index (χ4v) is 2.44. The van der Waals surface area contributed by atoms with Gasteiger partial charge in [0.25, 0.3) is 0 Å². The molecular weight excluding hydrogens is 312 g/mol. The number of rotatable bonds is 2. The number of methoxy groups -OCH3 is 1. The number of carbonyl (C=O) groups excluding carboxylic acids is 2. The highest BCUT2D eigenvalue weighted by molar-refractivity contribution is 5.88. The van der Waals surface area contributed by atoms with Gasteiger partial charge in [0.1, 0.15) is 5.60 Å². The number of hydrogen-bond donors (Lipinski definition) is 0. The molecular formula is C16H24N4O4. The second kappa shape index (κ2) is 7.02. The van der Waals surface area contributed by atoms with Crippen LogP contribution < -0.4 is 4.90 Å². The van der Waals surface area contributed by atoms with Gasteiger partial charge in [0, 0.05) is 38.1 Å². The lowest BCUT2D eigenvalue weighted by molar-refractivity contribution is 0.0158. The summed E-state index contributed by atoms with van der Waals surface area (Å²) >= 11 is 0. The molecule has 1 fully saturated rings. The van der Waals surface area contributed by atoms with E-state index in [2.05, 4.69) is 14.7 Å². The van der Waals surface area contributed by atoms with E-state index in [0.717, 1.165) is 0 Å². The first-order valence-electron chi connectivity index (χ1n) is 7.86. The highest BCUT2D eigenvalue weighted by Crippen LogP contribution is 2.18. The van der Waals surface area contributed by atoms with Crippen LogP contribution in [0.15, 0.2) is 12.4 Å². The summed E-state index contributed by atoms with van der Waals surface area (Å²) < 4.78 is 10.1. The minimum atomic E-state index is -0.513. The molecule has 1 aromatic heterocycles. The number of amides is 1. The van der Waals surface area contributed by atoms with E-state index in [4.69, 9.17) is 4.74 Å². The third-order valence-electron chi connectivity index (χ3n) is 3.60. The van der Waals surface area contributed by atoms with Crippen molar-refractivity contribution < 1.29 is 19.1 Å². The predicted octanol–water partition coefficient (Wildman–Crippen LogP) is 1.71. The van der Waals surface area contributed by atoms with Crippen molar-refractivity contribution in [2.75, 3.05) is 31.6 Å². The van der Waals surface area contributed by atoms with Crippen LogP contribution in [0.25, 0.3) is 0 Å². The average molecular weight is 336 g/mol. The third-order valence-corrected chi connectivity index (χ3v) is 3.60. The van der Waals surface area contributed by atoms with Gasteiger partial charge < -0.3 is 19.3 Å². The van der Waals surface area contributed by atoms with Crippen molar-refractivity contribution in [2.45, 2.75) is 39.3 Å². The number of aromatic nitrogens is 2. The van der Waals surface area contributed by atoms with Crippen molar-refractivity contribution in [3.63, 3.8) is 0 Å². The standard InChI is InChI=1S/C16H24N4O4/c1-11-10-19(6-7-20(11)15(22)24-16(2,3)4)14-17-8-12(9-18-14)13(21)23-5/h8-9,11H,6-7,10H2,1-5H3/t11-/m1/s1. The van der Waals surface area contributed by atoms with Gasteiger partial charge in [-0.15, -0.1) is 0 Å². The summed E-state index contributed by atoms with van der Waals surface area (Å²) in [5.41, 5.74) is -0.206. The Labute approximate surface area is 141 Å². The van der Waals surface area contributed by atoms with Crippen molar-refractivity contribution in [3.8, 4) is 0 Å². The average Bonchev–Trinajstić information content (AvgIpc) is 2.52. The zero-order valence-electron chi connectivity index (χ0n) is 14.8. The van der Waals surface area contributed by atoms with Crippen LogP contribution in [0, 0.1) is 0 Å². The van der Waals surface area contributed by atoms with Crippen molar-refractivity contribution in [1.29, 1.82) is 0 Å². The van der Waals surface area contributed by atoms with Gasteiger partial charge >= 0.3 is 12.1 Å². The molecule has 24 heavy (non-hydrogen) atoms. The Bertz CT molecular complexity index is 597. The molecule has 1 amide bonds. The summed E-state index contributed by atoms with van der Waals surface area (Å²) in [6.07, 6.45) is 2.58. The van der Waals surface area contributed by atoms with Crippen molar-refractivity contribution in [1.82, 2.24) is 14.9 Å². The van der Waals surface area contributed by atoms with Crippen LogP contribution in [-0.4, -0.2) is 65.3 Å². The van der Waals surface area contributed by atoms with Crippen molar-refractivity contribution in [2.24, 2.45) is 0 Å². The fourth-order valence-electron chi connectivity index (χ4n) is 2.44. The van der Waals surface area contributed by atoms with Gasteiger partial charge in [0.15, 0.2) is 0 Å². The number of esters is 1. The van der Waals surface area contributed by atoms with E-state index in [1.165, 1.54) is 19.5 Å². The van der Waals surface area contributed by atoms with Gasteiger partial charge in [0.05, 0.1) is 12.7 Å². The Hall–Kier alpha value is -2.38. The Morgan fingerprint density at radius 3 is 2.33 bits per heavy atom. The second-order valence-corrected chi connectivity index (χ2v) is 6.73. The molecule has 0 spiro atoms. The zero-order chi connectivity index (χ0) is 17.9. The number of nitrogens with zero attached hydrogens (tertiary/aromatic N) is 4. The van der Waals surface area contributed by atoms with E-state index in [0.29, 0.717) is 31.1 Å². The molecule has 1 atom stereocenters. The van der Waals surface area contributed by atoms with E-state index in [-0.39, 0.29) is 12.1 Å². The largest absolute Gasteiger partial charge is 0.465 e. The molecule has 1 saturated heterocycles. The van der Waals surface area contributed by atoms with Gasteiger partial charge in [-0.3, -0.25) is 0 Å². The highest BCUT2D eigenvalue weighted by Gasteiger charge is 2.31. The topological polar surface area (TPSA) is 84.9 Å². The molecule has 1 aromatic rings. The molecule has 2 rings (SSSR count). The van der Waals surface area contributed by atoms with Crippen LogP contribution in [0.1, 0.15) is 38.1 Å². The zero-order valence-corrected chi connectivity index (χ0v) is 14.8. The quantitative estimate of drug-likeness (QED) is 0.760. The maximum Gasteiger partial charge on any atom is 0.410 e. The maximum atomic E-state index is 12.2. The summed E-state index contributed by atoms with van der Waals surface area (Å²) in [5, 5.41) is 0. The predicted molar refractivity (Wildman–Crippen MR) is 88.0 cm³/mol. The molecule has 1 aliphatic rings. The molecule has 132 valence electrons. The molecule has 8 nitrogen and oxygen atoms in total. The lowest BCUT2D eigenvalue weighted by atomic mass is 10.2. The van der Waals surface area contributed by atoms with Crippen molar-refractivity contribution in [3.05, 3.63) is 18.0 Å². The van der Waals surface area contributed by atoms with Gasteiger partial charge in [-0.05, 0) is 27.7 Å². The molecule has 1 aliphatic heterocycles. The first kappa shape index (κ1) is 18.0. The number of carbonyl (C=O) groups is 2. The van der Waals surface area contributed by atoms with E-state index < -0.39 is 11.6 Å². The SMILES string of the molecule is COC(=O)c1cnc(N2CCN(C(=O)OC(C)(C)C)[C@H](C)C2)nc1. The summed E-state index contributed by atoms with van der Waals surface area (Å²) in [6.45, 7) is 9.22. The number of hydrogen-bond acceptors (Lipinski definition) is 7. The Morgan fingerprint density at radius 1 is 1.21 bits per heavy atom. The Balaban J connectivity index is 2.00. The van der Waals surface area contributed by atoms with Gasteiger partial charge in [0.2, 0.25) is 5.95 Å². The Kier molecular flexibility index (Phi) is 5.26. The molecule has 0 saturated carbocycles. The molecule has 8 heteroatoms. The third kappa shape index (κ3) is 4.33. The van der Waals surface area contributed by atoms with Crippen LogP contribution in [0.3, 0.4) is 0 Å². The van der Waals surface area contributed by atoms with Crippen LogP contribution in [0.2, 0.25) is 0 Å². The van der Waals surface area contributed by atoms with Crippen LogP contribution in [0.4, 0.5) is 10.7 Å². The number of ether oxygens (including phenoxy) is 2. The molecule has 0 unspecified atom stereocenters. The number of piperazine rings is 1. The van der Waals surface area contributed by atoms with Gasteiger partial charge in [-0.25, -0.2) is 19.6 Å². The molecule has 0 aromatic carbocycles. The second-order valence-electron chi connectivity index (χ2n) is 6.73. The monoisotopic (exact) mass is 336 g/mol. The first-order valence-corrected chi connectivity index (χ1v) is 7.86. The minimum absolute atomic E-state index is 0.0301. The van der Waals surface area contributed by atoms with Gasteiger partial charge in [-0.2, -0.15) is 0 Å². The summed E-state index contributed by atoms with van der Waals surface area (Å²) in [7, 11) is 1.31. The lowest BCUT2D eigenvalue weighted by Crippen LogP contribution is -2.55. The van der Waals surface area contributed by atoms with E-state index in [9.17, 15) is 9.59 Å². The molecule has 2 heterocycles. The van der Waals surface area contributed by atoms with E-state index in [1.54, 1.807) is 4.90 Å². The molecule has 0 N–H and O–H groups in total. The molecule has 0 aliphatic carbocycles. The van der Waals surface area contributed by atoms with Crippen LogP contribution >= 0.6 is 0 Å². The molecule has 0 radical (unpaired) electrons. The lowest BCUT2D eigenvalue weighted by Gasteiger charge is -2.40. The van der Waals surface area contributed by atoms with E-state index in [1.807, 2.05) is 32.6 Å². The van der Waals surface area contributed by atoms with E-state index >= 15 is 0 Å². The molecule has 0 bridgehead atoms. The van der Waals surface area contributed by atoms with Gasteiger partial charge in [-0.1, -0.05) is 0 Å². The van der Waals surface area contributed by atoms with Crippen molar-refractivity contribution >= 4 is 18.0 Å². The summed E-state index contributed by atoms with van der Waals surface area (Å²) in [5.74, 6) is 0.0583. The summed E-state index contributed by atoms with van der Waals surface area (Å²) in [6, 6.07) is -0.0301. The Morgan fingerprint density at radius 2 is 1.83 bits per heavy atom. The van der Waals surface area contributed by atoms with Crippen LogP contribution in [-0.2, 0) is 9.47 Å². The summed E-state index contributed by atoms with van der Waals surface area (Å²) in [4.78, 5) is 35.8. The smallest absolute Gasteiger partial charge is 0.410 e. The number of anilines is 1. The normalized spacial score (nSPS) is 18.3. The first-order chi connectivity index (χ1) is 11.2. The van der Waals surface area contributed by atoms with Crippen LogP contribution in [0.5, 0.6) is 0 Å². The maximum absolute atomic E-state index is 12.2. The highest BCUT2D eigenvalue weighted by atomic mass is 16.6. The minimum Gasteiger partial charge on any atom is -0.465 e. The fraction of sp³-hybridized carbons (Fsp3) is 0.625.